The molecule has 0 atom stereocenters. The molecule has 0 N–H and O–H groups in total. The quantitative estimate of drug-likeness (QED) is 0.264. The van der Waals surface area contributed by atoms with Crippen molar-refractivity contribution < 1.29 is 13.5 Å². The highest BCUT2D eigenvalue weighted by Crippen LogP contribution is 2.31. The maximum absolute atomic E-state index is 13.6. The van der Waals surface area contributed by atoms with Gasteiger partial charge in [0.15, 0.2) is 11.0 Å². The predicted octanol–water partition coefficient (Wildman–Crippen LogP) is 4.88. The van der Waals surface area contributed by atoms with E-state index in [9.17, 15) is 9.18 Å². The van der Waals surface area contributed by atoms with E-state index in [-0.39, 0.29) is 5.82 Å². The molecule has 0 spiro atoms. The molecule has 3 aromatic heterocycles. The van der Waals surface area contributed by atoms with Gasteiger partial charge in [-0.25, -0.2) is 9.18 Å². The molecule has 9 heteroatoms. The molecule has 0 amide bonds. The molecular formula is C24H17FN4O3S. The number of benzene rings is 2. The van der Waals surface area contributed by atoms with Crippen molar-refractivity contribution in [3.05, 3.63) is 94.9 Å². The van der Waals surface area contributed by atoms with Crippen LogP contribution >= 0.6 is 11.8 Å². The molecule has 0 radical (unpaired) electrons. The monoisotopic (exact) mass is 460 g/mol. The normalized spacial score (nSPS) is 11.1. The van der Waals surface area contributed by atoms with Gasteiger partial charge in [-0.2, -0.15) is 0 Å². The first kappa shape index (κ1) is 20.9. The van der Waals surface area contributed by atoms with Crippen LogP contribution in [0.1, 0.15) is 5.56 Å². The van der Waals surface area contributed by atoms with E-state index in [0.29, 0.717) is 28.1 Å². The molecule has 2 aromatic carbocycles. The minimum absolute atomic E-state index is 0.329. The van der Waals surface area contributed by atoms with Crippen LogP contribution in [0.5, 0.6) is 5.75 Å². The van der Waals surface area contributed by atoms with Gasteiger partial charge in [0, 0.05) is 46.9 Å². The van der Waals surface area contributed by atoms with E-state index in [0.717, 1.165) is 22.2 Å². The third-order valence-electron chi connectivity index (χ3n) is 5.05. The van der Waals surface area contributed by atoms with Crippen molar-refractivity contribution in [2.24, 2.45) is 0 Å². The van der Waals surface area contributed by atoms with Gasteiger partial charge in [0.05, 0.1) is 7.11 Å². The fraction of sp³-hybridized carbons (Fsp3) is 0.0833. The molecule has 0 fully saturated rings. The summed E-state index contributed by atoms with van der Waals surface area (Å²) in [5, 5.41) is 10.2. The highest BCUT2D eigenvalue weighted by Gasteiger charge is 2.17. The molecular weight excluding hydrogens is 443 g/mol. The second kappa shape index (κ2) is 8.87. The maximum Gasteiger partial charge on any atom is 0.336 e. The summed E-state index contributed by atoms with van der Waals surface area (Å²) in [6.07, 6.45) is 3.35. The summed E-state index contributed by atoms with van der Waals surface area (Å²) in [5.74, 6) is 1.33. The Bertz CT molecular complexity index is 1480. The van der Waals surface area contributed by atoms with Crippen LogP contribution in [0.2, 0.25) is 0 Å². The average Bonchev–Trinajstić information content (AvgIpc) is 3.27. The summed E-state index contributed by atoms with van der Waals surface area (Å²) in [7, 11) is 1.56. The van der Waals surface area contributed by atoms with Gasteiger partial charge in [0.1, 0.15) is 17.1 Å². The predicted molar refractivity (Wildman–Crippen MR) is 123 cm³/mol. The first-order chi connectivity index (χ1) is 16.1. The van der Waals surface area contributed by atoms with Crippen LogP contribution in [0.15, 0.2) is 87.4 Å². The summed E-state index contributed by atoms with van der Waals surface area (Å²) in [6, 6.07) is 16.6. The Kier molecular flexibility index (Phi) is 5.62. The van der Waals surface area contributed by atoms with Crippen molar-refractivity contribution in [3.8, 4) is 22.8 Å². The SMILES string of the molecule is COc1ccc2c(CSc3nnc(-c4ccncc4)n3-c3ccc(F)cc3)cc(=O)oc2c1. The van der Waals surface area contributed by atoms with E-state index >= 15 is 0 Å². The van der Waals surface area contributed by atoms with Gasteiger partial charge in [-0.05, 0) is 54.1 Å². The molecule has 0 saturated carbocycles. The van der Waals surface area contributed by atoms with Crippen LogP contribution in [-0.2, 0) is 5.75 Å². The summed E-state index contributed by atoms with van der Waals surface area (Å²) >= 11 is 1.42. The Labute approximate surface area is 191 Å². The molecule has 0 aliphatic rings. The van der Waals surface area contributed by atoms with E-state index in [1.165, 1.54) is 30.0 Å². The highest BCUT2D eigenvalue weighted by molar-refractivity contribution is 7.98. The molecule has 0 unspecified atom stereocenters. The largest absolute Gasteiger partial charge is 0.497 e. The van der Waals surface area contributed by atoms with E-state index in [2.05, 4.69) is 15.2 Å². The van der Waals surface area contributed by atoms with Gasteiger partial charge in [-0.1, -0.05) is 11.8 Å². The topological polar surface area (TPSA) is 83.0 Å². The molecule has 0 aliphatic heterocycles. The number of methoxy groups -OCH3 is 1. The second-order valence-electron chi connectivity index (χ2n) is 7.10. The van der Waals surface area contributed by atoms with Crippen molar-refractivity contribution in [3.63, 3.8) is 0 Å². The Hall–Kier alpha value is -3.98. The molecule has 0 bridgehead atoms. The lowest BCUT2D eigenvalue weighted by Crippen LogP contribution is -2.02. The highest BCUT2D eigenvalue weighted by atomic mass is 32.2. The zero-order valence-electron chi connectivity index (χ0n) is 17.4. The molecule has 33 heavy (non-hydrogen) atoms. The zero-order valence-corrected chi connectivity index (χ0v) is 18.3. The maximum atomic E-state index is 13.6. The molecule has 3 heterocycles. The van der Waals surface area contributed by atoms with Gasteiger partial charge < -0.3 is 9.15 Å². The van der Waals surface area contributed by atoms with Crippen molar-refractivity contribution >= 4 is 22.7 Å². The summed E-state index contributed by atoms with van der Waals surface area (Å²) < 4.78 is 26.0. The standard InChI is InChI=1S/C24H17FN4O3S/c1-31-19-6-7-20-16(12-22(30)32-21(20)13-19)14-33-24-28-27-23(15-8-10-26-11-9-15)29(24)18-4-2-17(25)3-5-18/h2-13H,14H2,1H3. The van der Waals surface area contributed by atoms with Crippen molar-refractivity contribution in [1.82, 2.24) is 19.7 Å². The van der Waals surface area contributed by atoms with Gasteiger partial charge in [0.2, 0.25) is 0 Å². The molecule has 0 aliphatic carbocycles. The lowest BCUT2D eigenvalue weighted by atomic mass is 10.1. The van der Waals surface area contributed by atoms with E-state index in [1.807, 2.05) is 28.8 Å². The number of rotatable bonds is 6. The third-order valence-corrected chi connectivity index (χ3v) is 6.03. The van der Waals surface area contributed by atoms with E-state index in [1.54, 1.807) is 37.7 Å². The van der Waals surface area contributed by atoms with Gasteiger partial charge in [-0.15, -0.1) is 10.2 Å². The molecule has 5 rings (SSSR count). The van der Waals surface area contributed by atoms with Gasteiger partial charge in [-0.3, -0.25) is 9.55 Å². The second-order valence-corrected chi connectivity index (χ2v) is 8.04. The summed E-state index contributed by atoms with van der Waals surface area (Å²) in [4.78, 5) is 16.2. The van der Waals surface area contributed by atoms with Crippen molar-refractivity contribution in [1.29, 1.82) is 0 Å². The zero-order chi connectivity index (χ0) is 22.8. The minimum Gasteiger partial charge on any atom is -0.497 e. The number of pyridine rings is 1. The lowest BCUT2D eigenvalue weighted by molar-refractivity contribution is 0.414. The smallest absolute Gasteiger partial charge is 0.336 e. The fourth-order valence-electron chi connectivity index (χ4n) is 3.47. The third kappa shape index (κ3) is 4.22. The number of hydrogen-bond donors (Lipinski definition) is 0. The number of fused-ring (bicyclic) bond motifs is 1. The summed E-state index contributed by atoms with van der Waals surface area (Å²) in [5.41, 5.74) is 2.36. The van der Waals surface area contributed by atoms with Crippen LogP contribution < -0.4 is 10.4 Å². The average molecular weight is 460 g/mol. The Morgan fingerprint density at radius 3 is 2.58 bits per heavy atom. The molecule has 164 valence electrons. The minimum atomic E-state index is -0.441. The van der Waals surface area contributed by atoms with E-state index < -0.39 is 5.63 Å². The Balaban J connectivity index is 1.55. The molecule has 7 nitrogen and oxygen atoms in total. The van der Waals surface area contributed by atoms with Crippen LogP contribution in [0.3, 0.4) is 0 Å². The van der Waals surface area contributed by atoms with Gasteiger partial charge in [0.25, 0.3) is 0 Å². The number of aromatic nitrogens is 4. The number of nitrogens with zero attached hydrogens (tertiary/aromatic N) is 4. The van der Waals surface area contributed by atoms with E-state index in [4.69, 9.17) is 9.15 Å². The van der Waals surface area contributed by atoms with Crippen LogP contribution in [0.4, 0.5) is 4.39 Å². The number of halogens is 1. The molecule has 5 aromatic rings. The molecule has 0 saturated heterocycles. The first-order valence-electron chi connectivity index (χ1n) is 9.98. The Morgan fingerprint density at radius 2 is 1.82 bits per heavy atom. The fourth-order valence-corrected chi connectivity index (χ4v) is 4.42. The van der Waals surface area contributed by atoms with Crippen molar-refractivity contribution in [2.45, 2.75) is 10.9 Å². The van der Waals surface area contributed by atoms with Crippen LogP contribution in [-0.4, -0.2) is 26.9 Å². The Morgan fingerprint density at radius 1 is 1.03 bits per heavy atom. The number of thioether (sulfide) groups is 1. The van der Waals surface area contributed by atoms with Crippen LogP contribution in [0, 0.1) is 5.82 Å². The number of hydrogen-bond acceptors (Lipinski definition) is 7. The van der Waals surface area contributed by atoms with Crippen LogP contribution in [0.25, 0.3) is 28.0 Å². The summed E-state index contributed by atoms with van der Waals surface area (Å²) in [6.45, 7) is 0. The lowest BCUT2D eigenvalue weighted by Gasteiger charge is -2.11. The van der Waals surface area contributed by atoms with Crippen molar-refractivity contribution in [2.75, 3.05) is 7.11 Å². The number of ether oxygens (including phenoxy) is 1. The van der Waals surface area contributed by atoms with Gasteiger partial charge >= 0.3 is 5.63 Å². The first-order valence-corrected chi connectivity index (χ1v) is 11.0.